The van der Waals surface area contributed by atoms with Crippen LogP contribution in [0.25, 0.3) is 0 Å². The Bertz CT molecular complexity index is 584. The number of hydrogen-bond acceptors (Lipinski definition) is 2. The standard InChI is InChI=1S/C17H21N3O/c1-13-4-3-5-16(10-13)14(2)11-19-17(21)20-12-15-6-8-18-9-7-15/h3-10,14H,11-12H2,1-2H3,(H2,19,20,21)/t14-/m0/s1. The van der Waals surface area contributed by atoms with Crippen LogP contribution >= 0.6 is 0 Å². The lowest BCUT2D eigenvalue weighted by Gasteiger charge is -2.14. The largest absolute Gasteiger partial charge is 0.338 e. The van der Waals surface area contributed by atoms with Crippen molar-refractivity contribution in [3.8, 4) is 0 Å². The van der Waals surface area contributed by atoms with Gasteiger partial charge in [-0.1, -0.05) is 36.8 Å². The highest BCUT2D eigenvalue weighted by Gasteiger charge is 2.07. The van der Waals surface area contributed by atoms with Crippen LogP contribution in [-0.2, 0) is 6.54 Å². The smallest absolute Gasteiger partial charge is 0.315 e. The molecule has 2 N–H and O–H groups in total. The molecule has 2 amide bonds. The summed E-state index contributed by atoms with van der Waals surface area (Å²) in [5.41, 5.74) is 3.51. The van der Waals surface area contributed by atoms with Gasteiger partial charge in [0.15, 0.2) is 0 Å². The van der Waals surface area contributed by atoms with Gasteiger partial charge >= 0.3 is 6.03 Å². The molecule has 2 rings (SSSR count). The lowest BCUT2D eigenvalue weighted by atomic mass is 9.99. The van der Waals surface area contributed by atoms with Crippen LogP contribution in [0, 0.1) is 6.92 Å². The molecule has 1 aromatic carbocycles. The number of nitrogens with zero attached hydrogens (tertiary/aromatic N) is 1. The van der Waals surface area contributed by atoms with E-state index in [4.69, 9.17) is 0 Å². The predicted molar refractivity (Wildman–Crippen MR) is 84.1 cm³/mol. The fraction of sp³-hybridized carbons (Fsp3) is 0.294. The maximum absolute atomic E-state index is 11.8. The van der Waals surface area contributed by atoms with E-state index in [0.29, 0.717) is 13.1 Å². The van der Waals surface area contributed by atoms with E-state index in [-0.39, 0.29) is 11.9 Å². The zero-order chi connectivity index (χ0) is 15.1. The van der Waals surface area contributed by atoms with Crippen molar-refractivity contribution in [1.82, 2.24) is 15.6 Å². The summed E-state index contributed by atoms with van der Waals surface area (Å²) in [6, 6.07) is 12.0. The van der Waals surface area contributed by atoms with E-state index in [9.17, 15) is 4.79 Å². The van der Waals surface area contributed by atoms with Gasteiger partial charge in [0, 0.05) is 25.5 Å². The Morgan fingerprint density at radius 2 is 1.95 bits per heavy atom. The minimum absolute atomic E-state index is 0.147. The molecular weight excluding hydrogens is 262 g/mol. The highest BCUT2D eigenvalue weighted by atomic mass is 16.2. The number of pyridine rings is 1. The van der Waals surface area contributed by atoms with Crippen molar-refractivity contribution in [3.63, 3.8) is 0 Å². The number of carbonyl (C=O) groups excluding carboxylic acids is 1. The minimum atomic E-state index is -0.147. The maximum Gasteiger partial charge on any atom is 0.315 e. The number of rotatable bonds is 5. The normalized spacial score (nSPS) is 11.7. The molecule has 110 valence electrons. The zero-order valence-corrected chi connectivity index (χ0v) is 12.5. The first-order valence-corrected chi connectivity index (χ1v) is 7.12. The molecule has 0 unspecified atom stereocenters. The first kappa shape index (κ1) is 15.0. The van der Waals surface area contributed by atoms with E-state index < -0.39 is 0 Å². The Hall–Kier alpha value is -2.36. The molecule has 0 aliphatic rings. The van der Waals surface area contributed by atoms with Gasteiger partial charge in [0.25, 0.3) is 0 Å². The fourth-order valence-electron chi connectivity index (χ4n) is 2.09. The predicted octanol–water partition coefficient (Wildman–Crippen LogP) is 2.99. The third-order valence-electron chi connectivity index (χ3n) is 3.38. The van der Waals surface area contributed by atoms with Crippen LogP contribution in [0.15, 0.2) is 48.8 Å². The van der Waals surface area contributed by atoms with Gasteiger partial charge in [-0.2, -0.15) is 0 Å². The van der Waals surface area contributed by atoms with Crippen molar-refractivity contribution in [2.75, 3.05) is 6.54 Å². The molecule has 21 heavy (non-hydrogen) atoms. The Balaban J connectivity index is 1.76. The van der Waals surface area contributed by atoms with Gasteiger partial charge in [-0.15, -0.1) is 0 Å². The molecule has 4 nitrogen and oxygen atoms in total. The fourth-order valence-corrected chi connectivity index (χ4v) is 2.09. The second-order valence-corrected chi connectivity index (χ2v) is 5.23. The molecule has 0 aliphatic carbocycles. The van der Waals surface area contributed by atoms with Gasteiger partial charge in [-0.3, -0.25) is 4.98 Å². The molecule has 1 aromatic heterocycles. The quantitative estimate of drug-likeness (QED) is 0.886. The molecule has 0 saturated heterocycles. The third kappa shape index (κ3) is 4.91. The van der Waals surface area contributed by atoms with Crippen molar-refractivity contribution in [1.29, 1.82) is 0 Å². The summed E-state index contributed by atoms with van der Waals surface area (Å²) in [6.45, 7) is 5.31. The Morgan fingerprint density at radius 3 is 2.67 bits per heavy atom. The van der Waals surface area contributed by atoms with Crippen LogP contribution in [0.4, 0.5) is 4.79 Å². The van der Waals surface area contributed by atoms with Crippen LogP contribution in [0.1, 0.15) is 29.5 Å². The molecule has 4 heteroatoms. The van der Waals surface area contributed by atoms with Crippen molar-refractivity contribution >= 4 is 6.03 Å². The van der Waals surface area contributed by atoms with Gasteiger partial charge < -0.3 is 10.6 Å². The Morgan fingerprint density at radius 1 is 1.19 bits per heavy atom. The first-order chi connectivity index (χ1) is 10.1. The summed E-state index contributed by atoms with van der Waals surface area (Å²) in [5, 5.41) is 5.74. The lowest BCUT2D eigenvalue weighted by Crippen LogP contribution is -2.37. The van der Waals surface area contributed by atoms with E-state index in [0.717, 1.165) is 5.56 Å². The van der Waals surface area contributed by atoms with Gasteiger partial charge in [-0.25, -0.2) is 4.79 Å². The average Bonchev–Trinajstić information content (AvgIpc) is 2.51. The van der Waals surface area contributed by atoms with Crippen LogP contribution < -0.4 is 10.6 Å². The van der Waals surface area contributed by atoms with Crippen LogP contribution in [0.3, 0.4) is 0 Å². The van der Waals surface area contributed by atoms with Gasteiger partial charge in [-0.05, 0) is 36.1 Å². The second-order valence-electron chi connectivity index (χ2n) is 5.23. The second kappa shape index (κ2) is 7.43. The number of benzene rings is 1. The molecule has 0 saturated carbocycles. The van der Waals surface area contributed by atoms with Crippen molar-refractivity contribution in [2.45, 2.75) is 26.3 Å². The summed E-state index contributed by atoms with van der Waals surface area (Å²) in [7, 11) is 0. The topological polar surface area (TPSA) is 54.0 Å². The van der Waals surface area contributed by atoms with Crippen LogP contribution in [-0.4, -0.2) is 17.6 Å². The van der Waals surface area contributed by atoms with E-state index >= 15 is 0 Å². The number of aryl methyl sites for hydroxylation is 1. The van der Waals surface area contributed by atoms with Crippen molar-refractivity contribution in [3.05, 3.63) is 65.5 Å². The first-order valence-electron chi connectivity index (χ1n) is 7.12. The third-order valence-corrected chi connectivity index (χ3v) is 3.38. The van der Waals surface area contributed by atoms with E-state index in [1.54, 1.807) is 12.4 Å². The van der Waals surface area contributed by atoms with Crippen molar-refractivity contribution < 1.29 is 4.79 Å². The van der Waals surface area contributed by atoms with Crippen LogP contribution in [0.5, 0.6) is 0 Å². The number of aromatic nitrogens is 1. The maximum atomic E-state index is 11.8. The Kier molecular flexibility index (Phi) is 5.32. The monoisotopic (exact) mass is 283 g/mol. The summed E-state index contributed by atoms with van der Waals surface area (Å²) >= 11 is 0. The van der Waals surface area contributed by atoms with Gasteiger partial charge in [0.05, 0.1) is 0 Å². The zero-order valence-electron chi connectivity index (χ0n) is 12.5. The van der Waals surface area contributed by atoms with Gasteiger partial charge in [0.1, 0.15) is 0 Å². The Labute approximate surface area is 125 Å². The molecule has 0 fully saturated rings. The van der Waals surface area contributed by atoms with E-state index in [1.807, 2.05) is 18.2 Å². The number of nitrogens with one attached hydrogen (secondary N) is 2. The number of amides is 2. The molecule has 0 spiro atoms. The summed E-state index contributed by atoms with van der Waals surface area (Å²) in [4.78, 5) is 15.7. The molecule has 1 atom stereocenters. The molecule has 2 aromatic rings. The highest BCUT2D eigenvalue weighted by Crippen LogP contribution is 2.15. The molecular formula is C17H21N3O. The lowest BCUT2D eigenvalue weighted by molar-refractivity contribution is 0.240. The summed E-state index contributed by atoms with van der Waals surface area (Å²) in [5.74, 6) is 0.288. The van der Waals surface area contributed by atoms with Crippen molar-refractivity contribution in [2.24, 2.45) is 0 Å². The molecule has 0 radical (unpaired) electrons. The number of hydrogen-bond donors (Lipinski definition) is 2. The summed E-state index contributed by atoms with van der Waals surface area (Å²) < 4.78 is 0. The number of urea groups is 1. The van der Waals surface area contributed by atoms with E-state index in [1.165, 1.54) is 11.1 Å². The number of carbonyl (C=O) groups is 1. The van der Waals surface area contributed by atoms with Gasteiger partial charge in [0.2, 0.25) is 0 Å². The van der Waals surface area contributed by atoms with Crippen LogP contribution in [0.2, 0.25) is 0 Å². The average molecular weight is 283 g/mol. The highest BCUT2D eigenvalue weighted by molar-refractivity contribution is 5.73. The minimum Gasteiger partial charge on any atom is -0.338 e. The van der Waals surface area contributed by atoms with E-state index in [2.05, 4.69) is 47.7 Å². The summed E-state index contributed by atoms with van der Waals surface area (Å²) in [6.07, 6.45) is 3.43. The molecule has 1 heterocycles. The molecule has 0 bridgehead atoms. The molecule has 0 aliphatic heterocycles. The SMILES string of the molecule is Cc1cccc([C@@H](C)CNC(=O)NCc2ccncc2)c1.